The minimum atomic E-state index is -0.319. The number of benzene rings is 2. The zero-order valence-corrected chi connectivity index (χ0v) is 18.1. The van der Waals surface area contributed by atoms with Gasteiger partial charge in [-0.25, -0.2) is 4.79 Å². The van der Waals surface area contributed by atoms with Gasteiger partial charge in [-0.05, 0) is 37.9 Å². The Hall–Kier alpha value is -3.05. The van der Waals surface area contributed by atoms with Crippen LogP contribution in [0.1, 0.15) is 27.4 Å². The Kier molecular flexibility index (Phi) is 5.39. The van der Waals surface area contributed by atoms with Crippen LogP contribution in [0.4, 0.5) is 5.69 Å². The number of carbonyl (C=O) groups excluding carboxylic acids is 1. The van der Waals surface area contributed by atoms with E-state index in [9.17, 15) is 4.79 Å². The molecule has 5 heteroatoms. The predicted octanol–water partition coefficient (Wildman–Crippen LogP) is 4.06. The lowest BCUT2D eigenvalue weighted by molar-refractivity contribution is 0.0598. The molecular formula is C25H28N2O3. The van der Waals surface area contributed by atoms with Crippen LogP contribution >= 0.6 is 0 Å². The molecule has 3 atom stereocenters. The van der Waals surface area contributed by atoms with Gasteiger partial charge in [0.1, 0.15) is 11.5 Å². The molecule has 5 nitrogen and oxygen atoms in total. The summed E-state index contributed by atoms with van der Waals surface area (Å²) in [7, 11) is 9.56. The molecule has 0 N–H and O–H groups in total. The largest absolute Gasteiger partial charge is 0.465 e. The van der Waals surface area contributed by atoms with Gasteiger partial charge in [0.25, 0.3) is 0 Å². The van der Waals surface area contributed by atoms with E-state index in [1.807, 2.05) is 38.4 Å². The third kappa shape index (κ3) is 3.50. The number of hydrogen-bond acceptors (Lipinski definition) is 5. The molecule has 0 amide bonds. The molecular weight excluding hydrogens is 376 g/mol. The SMILES string of the molecule is COC(=O)c1ccccc1C1c2ccc(N(C)C)cc2OC2=CC(N(C)C)C=CC21. The topological polar surface area (TPSA) is 42.0 Å². The first kappa shape index (κ1) is 20.2. The molecule has 0 saturated heterocycles. The normalized spacial score (nSPS) is 21.9. The monoisotopic (exact) mass is 404 g/mol. The fraction of sp³-hybridized carbons (Fsp3) is 0.320. The molecule has 1 heterocycles. The first-order valence-corrected chi connectivity index (χ1v) is 10.1. The number of hydrogen-bond donors (Lipinski definition) is 0. The van der Waals surface area contributed by atoms with E-state index in [1.165, 1.54) is 7.11 Å². The van der Waals surface area contributed by atoms with Gasteiger partial charge in [-0.2, -0.15) is 0 Å². The minimum absolute atomic E-state index is 0.0183. The summed E-state index contributed by atoms with van der Waals surface area (Å²) in [6.45, 7) is 0. The number of fused-ring (bicyclic) bond motifs is 2. The summed E-state index contributed by atoms with van der Waals surface area (Å²) < 4.78 is 11.5. The average molecular weight is 405 g/mol. The van der Waals surface area contributed by atoms with Gasteiger partial charge < -0.3 is 14.4 Å². The highest BCUT2D eigenvalue weighted by Gasteiger charge is 2.38. The van der Waals surface area contributed by atoms with Gasteiger partial charge >= 0.3 is 5.97 Å². The zero-order chi connectivity index (χ0) is 21.4. The molecule has 30 heavy (non-hydrogen) atoms. The number of methoxy groups -OCH3 is 1. The van der Waals surface area contributed by atoms with Gasteiger partial charge in [0.05, 0.1) is 12.7 Å². The molecule has 0 radical (unpaired) electrons. The number of nitrogens with zero attached hydrogens (tertiary/aromatic N) is 2. The Morgan fingerprint density at radius 3 is 2.47 bits per heavy atom. The lowest BCUT2D eigenvalue weighted by Crippen LogP contribution is -2.33. The first-order chi connectivity index (χ1) is 14.4. The van der Waals surface area contributed by atoms with E-state index in [-0.39, 0.29) is 23.8 Å². The van der Waals surface area contributed by atoms with E-state index in [0.717, 1.165) is 28.3 Å². The van der Waals surface area contributed by atoms with Crippen LogP contribution in [0.3, 0.4) is 0 Å². The van der Waals surface area contributed by atoms with Gasteiger partial charge in [0.15, 0.2) is 0 Å². The summed E-state index contributed by atoms with van der Waals surface area (Å²) in [6, 6.07) is 14.2. The summed E-state index contributed by atoms with van der Waals surface area (Å²) in [5.41, 5.74) is 3.70. The van der Waals surface area contributed by atoms with Crippen molar-refractivity contribution in [2.75, 3.05) is 40.2 Å². The third-order valence-electron chi connectivity index (χ3n) is 5.91. The average Bonchev–Trinajstić information content (AvgIpc) is 2.76. The predicted molar refractivity (Wildman–Crippen MR) is 119 cm³/mol. The molecule has 1 aliphatic carbocycles. The van der Waals surface area contributed by atoms with Crippen molar-refractivity contribution in [3.63, 3.8) is 0 Å². The quantitative estimate of drug-likeness (QED) is 0.568. The number of allylic oxidation sites excluding steroid dienone is 1. The van der Waals surface area contributed by atoms with Crippen molar-refractivity contribution in [2.45, 2.75) is 12.0 Å². The first-order valence-electron chi connectivity index (χ1n) is 10.1. The highest BCUT2D eigenvalue weighted by molar-refractivity contribution is 5.91. The smallest absolute Gasteiger partial charge is 0.338 e. The Morgan fingerprint density at radius 2 is 1.77 bits per heavy atom. The molecule has 1 aliphatic heterocycles. The molecule has 2 aromatic carbocycles. The molecule has 0 bridgehead atoms. The summed E-state index contributed by atoms with van der Waals surface area (Å²) in [5.74, 6) is 1.42. The van der Waals surface area contributed by atoms with E-state index in [2.05, 4.69) is 60.3 Å². The Labute approximate surface area is 178 Å². The van der Waals surface area contributed by atoms with Crippen molar-refractivity contribution in [3.8, 4) is 5.75 Å². The third-order valence-corrected chi connectivity index (χ3v) is 5.91. The molecule has 3 unspecified atom stereocenters. The van der Waals surface area contributed by atoms with Gasteiger partial charge in [0, 0.05) is 49.3 Å². The molecule has 2 aromatic rings. The number of ether oxygens (including phenoxy) is 2. The Morgan fingerprint density at radius 1 is 1.00 bits per heavy atom. The lowest BCUT2D eigenvalue weighted by Gasteiger charge is -2.38. The standard InChI is InChI=1S/C25H28N2O3/c1-26(2)16-10-12-20-22(14-16)30-23-15-17(27(3)4)11-13-21(23)24(20)18-8-6-7-9-19(18)25(28)29-5/h6-16,20,24H,1-5H3. The summed E-state index contributed by atoms with van der Waals surface area (Å²) in [5, 5.41) is 0. The van der Waals surface area contributed by atoms with Crippen molar-refractivity contribution in [1.82, 2.24) is 4.90 Å². The second-order valence-corrected chi connectivity index (χ2v) is 8.21. The van der Waals surface area contributed by atoms with Crippen molar-refractivity contribution < 1.29 is 14.3 Å². The van der Waals surface area contributed by atoms with E-state index in [0.29, 0.717) is 5.56 Å². The van der Waals surface area contributed by atoms with Gasteiger partial charge in [0.2, 0.25) is 0 Å². The number of rotatable bonds is 4. The van der Waals surface area contributed by atoms with E-state index < -0.39 is 0 Å². The van der Waals surface area contributed by atoms with Crippen LogP contribution < -0.4 is 9.64 Å². The van der Waals surface area contributed by atoms with Crippen molar-refractivity contribution in [2.24, 2.45) is 5.92 Å². The zero-order valence-electron chi connectivity index (χ0n) is 18.1. The summed E-state index contributed by atoms with van der Waals surface area (Å²) in [6.07, 6.45) is 6.58. The fourth-order valence-electron chi connectivity index (χ4n) is 4.25. The maximum Gasteiger partial charge on any atom is 0.338 e. The van der Waals surface area contributed by atoms with Crippen LogP contribution in [-0.4, -0.2) is 52.2 Å². The highest BCUT2D eigenvalue weighted by Crippen LogP contribution is 2.49. The van der Waals surface area contributed by atoms with E-state index in [1.54, 1.807) is 0 Å². The van der Waals surface area contributed by atoms with Gasteiger partial charge in [-0.15, -0.1) is 0 Å². The van der Waals surface area contributed by atoms with Crippen LogP contribution in [-0.2, 0) is 4.74 Å². The Balaban J connectivity index is 1.90. The fourth-order valence-corrected chi connectivity index (χ4v) is 4.25. The van der Waals surface area contributed by atoms with Crippen molar-refractivity contribution >= 4 is 11.7 Å². The second kappa shape index (κ2) is 8.00. The van der Waals surface area contributed by atoms with Crippen LogP contribution in [0.2, 0.25) is 0 Å². The number of anilines is 1. The van der Waals surface area contributed by atoms with E-state index >= 15 is 0 Å². The maximum absolute atomic E-state index is 12.5. The number of esters is 1. The molecule has 156 valence electrons. The van der Waals surface area contributed by atoms with Gasteiger partial charge in [-0.3, -0.25) is 4.90 Å². The van der Waals surface area contributed by atoms with Crippen LogP contribution in [0, 0.1) is 5.92 Å². The minimum Gasteiger partial charge on any atom is -0.465 e. The highest BCUT2D eigenvalue weighted by atomic mass is 16.5. The molecule has 0 saturated carbocycles. The number of likely N-dealkylation sites (N-methyl/N-ethyl adjacent to an activating group) is 1. The second-order valence-electron chi connectivity index (χ2n) is 8.21. The molecule has 2 aliphatic rings. The summed E-state index contributed by atoms with van der Waals surface area (Å²) in [4.78, 5) is 16.7. The lowest BCUT2D eigenvalue weighted by atomic mass is 9.74. The van der Waals surface area contributed by atoms with Crippen molar-refractivity contribution in [1.29, 1.82) is 0 Å². The molecule has 4 rings (SSSR count). The van der Waals surface area contributed by atoms with Crippen LogP contribution in [0.15, 0.2) is 66.5 Å². The van der Waals surface area contributed by atoms with Gasteiger partial charge in [-0.1, -0.05) is 36.4 Å². The van der Waals surface area contributed by atoms with Crippen molar-refractivity contribution in [3.05, 3.63) is 83.1 Å². The van der Waals surface area contributed by atoms with E-state index in [4.69, 9.17) is 9.47 Å². The molecule has 0 aromatic heterocycles. The van der Waals surface area contributed by atoms with Crippen LogP contribution in [0.25, 0.3) is 0 Å². The Bertz CT molecular complexity index is 1020. The maximum atomic E-state index is 12.5. The molecule has 0 spiro atoms. The number of carbonyl (C=O) groups is 1. The molecule has 0 fully saturated rings. The summed E-state index contributed by atoms with van der Waals surface area (Å²) >= 11 is 0. The van der Waals surface area contributed by atoms with Crippen LogP contribution in [0.5, 0.6) is 5.75 Å².